The lowest BCUT2D eigenvalue weighted by Crippen LogP contribution is -1.95. The number of benzene rings is 1. The average molecular weight is 253 g/mol. The largest absolute Gasteiger partial charge is 0.507 e. The summed E-state index contributed by atoms with van der Waals surface area (Å²) >= 11 is 0. The van der Waals surface area contributed by atoms with Crippen LogP contribution in [0.5, 0.6) is 11.5 Å². The molecule has 1 aromatic carbocycles. The van der Waals surface area contributed by atoms with Crippen LogP contribution >= 0.6 is 0 Å². The first kappa shape index (κ1) is 16.4. The van der Waals surface area contributed by atoms with Gasteiger partial charge in [-0.25, -0.2) is 0 Å². The van der Waals surface area contributed by atoms with E-state index in [0.29, 0.717) is 18.9 Å². The molecule has 0 heterocycles. The van der Waals surface area contributed by atoms with Crippen LogP contribution in [0.4, 0.5) is 0 Å². The molecular formula is C14H23NO3. The zero-order valence-corrected chi connectivity index (χ0v) is 11.9. The Labute approximate surface area is 109 Å². The van der Waals surface area contributed by atoms with Gasteiger partial charge < -0.3 is 14.6 Å². The van der Waals surface area contributed by atoms with Crippen LogP contribution in [-0.4, -0.2) is 38.7 Å². The Morgan fingerprint density at radius 1 is 1.28 bits per heavy atom. The maximum absolute atomic E-state index is 9.76. The Kier molecular flexibility index (Phi) is 8.66. The van der Waals surface area contributed by atoms with Crippen molar-refractivity contribution >= 4 is 6.21 Å². The number of rotatable bonds is 5. The van der Waals surface area contributed by atoms with Crippen molar-refractivity contribution in [1.82, 2.24) is 0 Å². The zero-order valence-electron chi connectivity index (χ0n) is 11.9. The average Bonchev–Trinajstić information content (AvgIpc) is 2.39. The van der Waals surface area contributed by atoms with Crippen LogP contribution in [0.25, 0.3) is 0 Å². The quantitative estimate of drug-likeness (QED) is 0.648. The SMILES string of the molecule is CC.COCCN=Cc1c(C)cc(OC)cc1O. The van der Waals surface area contributed by atoms with Crippen molar-refractivity contribution in [3.63, 3.8) is 0 Å². The highest BCUT2D eigenvalue weighted by Gasteiger charge is 2.05. The number of hydrogen-bond acceptors (Lipinski definition) is 4. The molecule has 4 heteroatoms. The summed E-state index contributed by atoms with van der Waals surface area (Å²) in [6, 6.07) is 3.43. The molecule has 0 atom stereocenters. The number of aryl methyl sites for hydroxylation is 1. The van der Waals surface area contributed by atoms with Gasteiger partial charge in [0.15, 0.2) is 0 Å². The minimum atomic E-state index is 0.179. The number of methoxy groups -OCH3 is 2. The fourth-order valence-corrected chi connectivity index (χ4v) is 1.33. The molecule has 1 N–H and O–H groups in total. The topological polar surface area (TPSA) is 51.0 Å². The van der Waals surface area contributed by atoms with Crippen molar-refractivity contribution in [1.29, 1.82) is 0 Å². The second-order valence-corrected chi connectivity index (χ2v) is 3.41. The Morgan fingerprint density at radius 2 is 1.94 bits per heavy atom. The first-order valence-corrected chi connectivity index (χ1v) is 6.05. The van der Waals surface area contributed by atoms with E-state index in [1.54, 1.807) is 26.5 Å². The molecule has 1 aromatic rings. The number of phenols is 1. The summed E-state index contributed by atoms with van der Waals surface area (Å²) in [5, 5.41) is 9.76. The second kappa shape index (κ2) is 9.48. The van der Waals surface area contributed by atoms with Crippen molar-refractivity contribution in [3.8, 4) is 11.5 Å². The fourth-order valence-electron chi connectivity index (χ4n) is 1.33. The lowest BCUT2D eigenvalue weighted by atomic mass is 10.1. The highest BCUT2D eigenvalue weighted by molar-refractivity contribution is 5.85. The summed E-state index contributed by atoms with van der Waals surface area (Å²) in [4.78, 5) is 4.16. The van der Waals surface area contributed by atoms with Gasteiger partial charge in [-0.2, -0.15) is 0 Å². The van der Waals surface area contributed by atoms with E-state index in [2.05, 4.69) is 4.99 Å². The molecule has 0 aromatic heterocycles. The number of hydrogen-bond donors (Lipinski definition) is 1. The predicted molar refractivity (Wildman–Crippen MR) is 75.1 cm³/mol. The van der Waals surface area contributed by atoms with Gasteiger partial charge in [-0.05, 0) is 18.6 Å². The summed E-state index contributed by atoms with van der Waals surface area (Å²) in [6.45, 7) is 7.06. The smallest absolute Gasteiger partial charge is 0.128 e. The van der Waals surface area contributed by atoms with Gasteiger partial charge in [0, 0.05) is 25.0 Å². The molecule has 0 aliphatic rings. The molecule has 0 amide bonds. The van der Waals surface area contributed by atoms with Crippen molar-refractivity contribution in [2.75, 3.05) is 27.4 Å². The molecule has 102 valence electrons. The van der Waals surface area contributed by atoms with Gasteiger partial charge in [-0.1, -0.05) is 13.8 Å². The molecule has 0 saturated heterocycles. The molecule has 0 bridgehead atoms. The third-order valence-corrected chi connectivity index (χ3v) is 2.22. The molecule has 0 saturated carbocycles. The number of aliphatic imine (C=N–C) groups is 1. The molecule has 0 aliphatic carbocycles. The summed E-state index contributed by atoms with van der Waals surface area (Å²) in [7, 11) is 3.20. The van der Waals surface area contributed by atoms with Crippen LogP contribution in [0.3, 0.4) is 0 Å². The Morgan fingerprint density at radius 3 is 2.44 bits per heavy atom. The lowest BCUT2D eigenvalue weighted by Gasteiger charge is -2.06. The molecular weight excluding hydrogens is 230 g/mol. The van der Waals surface area contributed by atoms with E-state index in [9.17, 15) is 5.11 Å². The maximum Gasteiger partial charge on any atom is 0.128 e. The van der Waals surface area contributed by atoms with E-state index in [1.807, 2.05) is 26.8 Å². The summed E-state index contributed by atoms with van der Waals surface area (Å²) in [5.74, 6) is 0.821. The summed E-state index contributed by atoms with van der Waals surface area (Å²) in [5.41, 5.74) is 1.65. The minimum Gasteiger partial charge on any atom is -0.507 e. The molecule has 0 spiro atoms. The monoisotopic (exact) mass is 253 g/mol. The van der Waals surface area contributed by atoms with Gasteiger partial charge in [0.2, 0.25) is 0 Å². The molecule has 0 fully saturated rings. The van der Waals surface area contributed by atoms with Crippen LogP contribution in [0.15, 0.2) is 17.1 Å². The Balaban J connectivity index is 0.00000137. The number of ether oxygens (including phenoxy) is 2. The molecule has 18 heavy (non-hydrogen) atoms. The van der Waals surface area contributed by atoms with Crippen LogP contribution in [0.1, 0.15) is 25.0 Å². The summed E-state index contributed by atoms with van der Waals surface area (Å²) in [6.07, 6.45) is 1.66. The van der Waals surface area contributed by atoms with Crippen LogP contribution in [0, 0.1) is 6.92 Å². The van der Waals surface area contributed by atoms with Crippen molar-refractivity contribution in [2.24, 2.45) is 4.99 Å². The first-order chi connectivity index (χ1) is 8.69. The van der Waals surface area contributed by atoms with Gasteiger partial charge in [0.25, 0.3) is 0 Å². The summed E-state index contributed by atoms with van der Waals surface area (Å²) < 4.78 is 9.93. The first-order valence-electron chi connectivity index (χ1n) is 6.05. The van der Waals surface area contributed by atoms with Crippen molar-refractivity contribution in [3.05, 3.63) is 23.3 Å². The van der Waals surface area contributed by atoms with E-state index < -0.39 is 0 Å². The second-order valence-electron chi connectivity index (χ2n) is 3.41. The van der Waals surface area contributed by atoms with Gasteiger partial charge in [-0.15, -0.1) is 0 Å². The zero-order chi connectivity index (χ0) is 14.0. The van der Waals surface area contributed by atoms with Gasteiger partial charge in [0.05, 0.1) is 20.3 Å². The highest BCUT2D eigenvalue weighted by Crippen LogP contribution is 2.25. The lowest BCUT2D eigenvalue weighted by molar-refractivity contribution is 0.208. The normalized spacial score (nSPS) is 10.1. The van der Waals surface area contributed by atoms with Gasteiger partial charge in [-0.3, -0.25) is 4.99 Å². The number of phenolic OH excluding ortho intramolecular Hbond substituents is 1. The third kappa shape index (κ3) is 5.19. The maximum atomic E-state index is 9.76. The standard InChI is InChI=1S/C12H17NO3.C2H6/c1-9-6-10(16-3)7-12(14)11(9)8-13-4-5-15-2;1-2/h6-8,14H,4-5H2,1-3H3;1-2H3. The fraction of sp³-hybridized carbons (Fsp3) is 0.500. The molecule has 1 rings (SSSR count). The van der Waals surface area contributed by atoms with E-state index in [4.69, 9.17) is 9.47 Å². The number of aromatic hydroxyl groups is 1. The van der Waals surface area contributed by atoms with Crippen LogP contribution < -0.4 is 4.74 Å². The molecule has 4 nitrogen and oxygen atoms in total. The molecule has 0 radical (unpaired) electrons. The van der Waals surface area contributed by atoms with E-state index in [-0.39, 0.29) is 5.75 Å². The van der Waals surface area contributed by atoms with Gasteiger partial charge >= 0.3 is 0 Å². The van der Waals surface area contributed by atoms with E-state index >= 15 is 0 Å². The van der Waals surface area contributed by atoms with Crippen LogP contribution in [0.2, 0.25) is 0 Å². The van der Waals surface area contributed by atoms with Crippen molar-refractivity contribution in [2.45, 2.75) is 20.8 Å². The molecule has 0 unspecified atom stereocenters. The van der Waals surface area contributed by atoms with E-state index in [1.165, 1.54) is 0 Å². The van der Waals surface area contributed by atoms with E-state index in [0.717, 1.165) is 11.1 Å². The molecule has 0 aliphatic heterocycles. The van der Waals surface area contributed by atoms with Crippen molar-refractivity contribution < 1.29 is 14.6 Å². The third-order valence-electron chi connectivity index (χ3n) is 2.22. The van der Waals surface area contributed by atoms with Gasteiger partial charge in [0.1, 0.15) is 11.5 Å². The minimum absolute atomic E-state index is 0.179. The Bertz CT molecular complexity index is 352. The number of nitrogens with zero attached hydrogens (tertiary/aromatic N) is 1. The predicted octanol–water partition coefficient (Wildman–Crippen LogP) is 2.80. The Hall–Kier alpha value is -1.55. The van der Waals surface area contributed by atoms with Crippen LogP contribution in [-0.2, 0) is 4.74 Å². The highest BCUT2D eigenvalue weighted by atomic mass is 16.5.